The molecule has 2 atom stereocenters. The van der Waals surface area contributed by atoms with Crippen molar-refractivity contribution in [1.82, 2.24) is 4.98 Å². The summed E-state index contributed by atoms with van der Waals surface area (Å²) in [6, 6.07) is 0.601. The number of carbonyl (C=O) groups is 1. The Morgan fingerprint density at radius 2 is 2.26 bits per heavy atom. The summed E-state index contributed by atoms with van der Waals surface area (Å²) in [5.74, 6) is 0.370. The van der Waals surface area contributed by atoms with Crippen molar-refractivity contribution >= 4 is 22.8 Å². The summed E-state index contributed by atoms with van der Waals surface area (Å²) in [6.45, 7) is 7.63. The van der Waals surface area contributed by atoms with Gasteiger partial charge in [0.15, 0.2) is 11.4 Å². The van der Waals surface area contributed by atoms with Gasteiger partial charge >= 0.3 is 0 Å². The second kappa shape index (κ2) is 6.51. The number of aromatic nitrogens is 1. The average Bonchev–Trinajstić information content (AvgIpc) is 2.90. The molecule has 0 amide bonds. The number of piperidine rings is 1. The van der Waals surface area contributed by atoms with E-state index in [4.69, 9.17) is 4.98 Å². The predicted octanol–water partition coefficient (Wildman–Crippen LogP) is 4.24. The Bertz CT molecular complexity index is 430. The van der Waals surface area contributed by atoms with Gasteiger partial charge in [-0.3, -0.25) is 4.79 Å². The molecule has 1 fully saturated rings. The molecule has 19 heavy (non-hydrogen) atoms. The second-order valence-corrected chi connectivity index (χ2v) is 6.43. The highest BCUT2D eigenvalue weighted by atomic mass is 32.1. The molecule has 106 valence electrons. The first-order valence-electron chi connectivity index (χ1n) is 7.43. The third-order valence-electron chi connectivity index (χ3n) is 4.20. The van der Waals surface area contributed by atoms with Gasteiger partial charge in [-0.1, -0.05) is 32.1 Å². The van der Waals surface area contributed by atoms with E-state index in [-0.39, 0.29) is 0 Å². The van der Waals surface area contributed by atoms with Crippen LogP contribution in [0.15, 0.2) is 0 Å². The van der Waals surface area contributed by atoms with Crippen molar-refractivity contribution in [2.45, 2.75) is 64.8 Å². The molecule has 0 aromatic carbocycles. The van der Waals surface area contributed by atoms with Crippen LogP contribution in [0, 0.1) is 0 Å². The fourth-order valence-corrected chi connectivity index (χ4v) is 3.86. The number of hydrogen-bond donors (Lipinski definition) is 0. The van der Waals surface area contributed by atoms with Gasteiger partial charge in [0.2, 0.25) is 0 Å². The highest BCUT2D eigenvalue weighted by Gasteiger charge is 2.25. The van der Waals surface area contributed by atoms with Crippen molar-refractivity contribution in [1.29, 1.82) is 0 Å². The number of anilines is 1. The van der Waals surface area contributed by atoms with E-state index < -0.39 is 0 Å². The van der Waals surface area contributed by atoms with Crippen molar-refractivity contribution in [3.8, 4) is 0 Å². The minimum Gasteiger partial charge on any atom is -0.345 e. The molecule has 1 aliphatic heterocycles. The first-order valence-corrected chi connectivity index (χ1v) is 8.25. The third-order valence-corrected chi connectivity index (χ3v) is 5.23. The zero-order valence-corrected chi connectivity index (χ0v) is 13.0. The van der Waals surface area contributed by atoms with E-state index in [0.29, 0.717) is 12.0 Å². The first-order chi connectivity index (χ1) is 9.21. The SMILES string of the molecule is CCC(C)c1nc(N2CCCCC2CC)sc1C=O. The molecule has 1 saturated heterocycles. The molecule has 1 aromatic heterocycles. The minimum absolute atomic E-state index is 0.370. The van der Waals surface area contributed by atoms with Gasteiger partial charge in [0.25, 0.3) is 0 Å². The zero-order chi connectivity index (χ0) is 13.8. The predicted molar refractivity (Wildman–Crippen MR) is 81.5 cm³/mol. The Morgan fingerprint density at radius 3 is 2.89 bits per heavy atom. The van der Waals surface area contributed by atoms with Gasteiger partial charge in [-0.25, -0.2) is 4.98 Å². The van der Waals surface area contributed by atoms with Gasteiger partial charge in [-0.15, -0.1) is 0 Å². The summed E-state index contributed by atoms with van der Waals surface area (Å²) >= 11 is 1.58. The quantitative estimate of drug-likeness (QED) is 0.756. The maximum atomic E-state index is 11.2. The fraction of sp³-hybridized carbons (Fsp3) is 0.733. The molecule has 0 aliphatic carbocycles. The normalized spacial score (nSPS) is 21.4. The molecule has 2 unspecified atom stereocenters. The van der Waals surface area contributed by atoms with Crippen molar-refractivity contribution in [2.24, 2.45) is 0 Å². The van der Waals surface area contributed by atoms with Crippen LogP contribution in [0.4, 0.5) is 5.13 Å². The van der Waals surface area contributed by atoms with Crippen LogP contribution in [-0.4, -0.2) is 23.9 Å². The van der Waals surface area contributed by atoms with E-state index in [1.54, 1.807) is 11.3 Å². The van der Waals surface area contributed by atoms with Gasteiger partial charge in [0.05, 0.1) is 10.6 Å². The number of thiazole rings is 1. The molecule has 3 nitrogen and oxygen atoms in total. The summed E-state index contributed by atoms with van der Waals surface area (Å²) in [5.41, 5.74) is 0.998. The van der Waals surface area contributed by atoms with Gasteiger partial charge in [-0.2, -0.15) is 0 Å². The summed E-state index contributed by atoms with van der Waals surface area (Å²) in [5, 5.41) is 1.06. The Hall–Kier alpha value is -0.900. The summed E-state index contributed by atoms with van der Waals surface area (Å²) in [4.78, 5) is 19.3. The van der Waals surface area contributed by atoms with Gasteiger partial charge in [-0.05, 0) is 38.0 Å². The first kappa shape index (κ1) is 14.5. The van der Waals surface area contributed by atoms with E-state index in [0.717, 1.165) is 41.4 Å². The summed E-state index contributed by atoms with van der Waals surface area (Å²) in [7, 11) is 0. The van der Waals surface area contributed by atoms with E-state index in [2.05, 4.69) is 25.7 Å². The fourth-order valence-electron chi connectivity index (χ4n) is 2.76. The lowest BCUT2D eigenvalue weighted by Crippen LogP contribution is -2.39. The molecule has 0 saturated carbocycles. The molecule has 0 radical (unpaired) electrons. The van der Waals surface area contributed by atoms with E-state index in [1.807, 2.05) is 0 Å². The smallest absolute Gasteiger partial charge is 0.186 e. The molecular weight excluding hydrogens is 256 g/mol. The molecule has 1 aromatic rings. The van der Waals surface area contributed by atoms with Crippen LogP contribution >= 0.6 is 11.3 Å². The van der Waals surface area contributed by atoms with Crippen molar-refractivity contribution in [2.75, 3.05) is 11.4 Å². The maximum Gasteiger partial charge on any atom is 0.186 e. The van der Waals surface area contributed by atoms with E-state index in [1.165, 1.54) is 19.3 Å². The standard InChI is InChI=1S/C15H24N2OS/c1-4-11(3)14-13(10-18)19-15(16-14)17-9-7-6-8-12(17)5-2/h10-12H,4-9H2,1-3H3. The molecule has 0 N–H and O–H groups in total. The second-order valence-electron chi connectivity index (χ2n) is 5.42. The number of hydrogen-bond acceptors (Lipinski definition) is 4. The van der Waals surface area contributed by atoms with Gasteiger partial charge < -0.3 is 4.90 Å². The Kier molecular flexibility index (Phi) is 4.97. The highest BCUT2D eigenvalue weighted by molar-refractivity contribution is 7.17. The van der Waals surface area contributed by atoms with Crippen LogP contribution in [0.5, 0.6) is 0 Å². The lowest BCUT2D eigenvalue weighted by Gasteiger charge is -2.35. The van der Waals surface area contributed by atoms with Crippen molar-refractivity contribution < 1.29 is 4.79 Å². The molecule has 0 bridgehead atoms. The van der Waals surface area contributed by atoms with Crippen LogP contribution in [-0.2, 0) is 0 Å². The minimum atomic E-state index is 0.370. The molecule has 4 heteroatoms. The molecule has 2 heterocycles. The van der Waals surface area contributed by atoms with E-state index in [9.17, 15) is 4.79 Å². The Morgan fingerprint density at radius 1 is 1.47 bits per heavy atom. The van der Waals surface area contributed by atoms with E-state index >= 15 is 0 Å². The van der Waals surface area contributed by atoms with Crippen LogP contribution in [0.3, 0.4) is 0 Å². The largest absolute Gasteiger partial charge is 0.345 e. The molecule has 1 aliphatic rings. The number of nitrogens with zero attached hydrogens (tertiary/aromatic N) is 2. The summed E-state index contributed by atoms with van der Waals surface area (Å²) < 4.78 is 0. The van der Waals surface area contributed by atoms with Crippen LogP contribution in [0.2, 0.25) is 0 Å². The molecular formula is C15H24N2OS. The zero-order valence-electron chi connectivity index (χ0n) is 12.2. The Labute approximate surface area is 120 Å². The van der Waals surface area contributed by atoms with Crippen LogP contribution in [0.25, 0.3) is 0 Å². The van der Waals surface area contributed by atoms with Gasteiger partial charge in [0.1, 0.15) is 0 Å². The third kappa shape index (κ3) is 2.99. The van der Waals surface area contributed by atoms with Gasteiger partial charge in [0, 0.05) is 12.6 Å². The molecule has 2 rings (SSSR count). The monoisotopic (exact) mass is 280 g/mol. The van der Waals surface area contributed by atoms with Crippen molar-refractivity contribution in [3.63, 3.8) is 0 Å². The maximum absolute atomic E-state index is 11.2. The topological polar surface area (TPSA) is 33.2 Å². The average molecular weight is 280 g/mol. The van der Waals surface area contributed by atoms with Crippen LogP contribution < -0.4 is 4.90 Å². The highest BCUT2D eigenvalue weighted by Crippen LogP contribution is 2.34. The number of rotatable bonds is 5. The lowest BCUT2D eigenvalue weighted by atomic mass is 10.0. The van der Waals surface area contributed by atoms with Crippen LogP contribution in [0.1, 0.15) is 74.2 Å². The number of aldehydes is 1. The molecule has 0 spiro atoms. The number of carbonyl (C=O) groups excluding carboxylic acids is 1. The lowest BCUT2D eigenvalue weighted by molar-refractivity contribution is 0.112. The summed E-state index contributed by atoms with van der Waals surface area (Å²) in [6.07, 6.45) is 6.99. The Balaban J connectivity index is 2.28. The van der Waals surface area contributed by atoms with Crippen molar-refractivity contribution in [3.05, 3.63) is 10.6 Å².